The van der Waals surface area contributed by atoms with Crippen molar-refractivity contribution in [2.75, 3.05) is 0 Å². The monoisotopic (exact) mass is 258 g/mol. The fourth-order valence-corrected chi connectivity index (χ4v) is 1.20. The number of aliphatic carboxylic acids is 1. The highest BCUT2D eigenvalue weighted by Gasteiger charge is 1.96. The zero-order valence-electron chi connectivity index (χ0n) is 6.34. The first-order valence-corrected chi connectivity index (χ1v) is 4.46. The highest BCUT2D eigenvalue weighted by molar-refractivity contribution is 9.10. The van der Waals surface area contributed by atoms with E-state index in [0.717, 1.165) is 0 Å². The van der Waals surface area contributed by atoms with Gasteiger partial charge in [-0.2, -0.15) is 0 Å². The van der Waals surface area contributed by atoms with Gasteiger partial charge in [-0.1, -0.05) is 17.5 Å². The summed E-state index contributed by atoms with van der Waals surface area (Å²) in [4.78, 5) is 10.1. The average Bonchev–Trinajstić information content (AvgIpc) is 2.07. The third kappa shape index (κ3) is 3.10. The lowest BCUT2D eigenvalue weighted by atomic mass is 10.2. The summed E-state index contributed by atoms with van der Waals surface area (Å²) in [6.45, 7) is 0. The van der Waals surface area contributed by atoms with Gasteiger partial charge in [0.2, 0.25) is 0 Å². The molecule has 1 N–H and O–H groups in total. The number of halogens is 2. The van der Waals surface area contributed by atoms with Gasteiger partial charge >= 0.3 is 5.97 Å². The summed E-state index contributed by atoms with van der Waals surface area (Å²) in [6.07, 6.45) is 0. The average molecular weight is 259 g/mol. The summed E-state index contributed by atoms with van der Waals surface area (Å²) in [5, 5.41) is 8.86. The van der Waals surface area contributed by atoms with Gasteiger partial charge in [-0.3, -0.25) is 0 Å². The number of benzene rings is 1. The Morgan fingerprint density at radius 2 is 2.23 bits per heavy atom. The predicted molar refractivity (Wildman–Crippen MR) is 53.7 cm³/mol. The molecule has 0 amide bonds. The highest BCUT2D eigenvalue weighted by atomic mass is 79.9. The Morgan fingerprint density at radius 1 is 1.54 bits per heavy atom. The second-order valence-corrected chi connectivity index (χ2v) is 3.45. The molecule has 0 heterocycles. The Bertz CT molecular complexity index is 404. The van der Waals surface area contributed by atoms with Gasteiger partial charge in [-0.15, -0.1) is 0 Å². The number of carbonyl (C=O) groups is 1. The number of hydrogen-bond donors (Lipinski definition) is 1. The molecular formula is C9H4BrClO2. The van der Waals surface area contributed by atoms with E-state index in [1.807, 2.05) is 5.92 Å². The topological polar surface area (TPSA) is 37.3 Å². The van der Waals surface area contributed by atoms with Crippen molar-refractivity contribution in [1.29, 1.82) is 0 Å². The summed E-state index contributed by atoms with van der Waals surface area (Å²) in [7, 11) is 0. The standard InChI is InChI=1S/C9H4BrClO2/c10-7-5-6(1-3-8(7)11)2-4-9(12)13/h1,3,5H,(H,12,13). The summed E-state index contributed by atoms with van der Waals surface area (Å²) in [5.74, 6) is 3.34. The van der Waals surface area contributed by atoms with Gasteiger partial charge in [-0.05, 0) is 34.1 Å². The minimum Gasteiger partial charge on any atom is -0.472 e. The molecule has 0 aliphatic rings. The van der Waals surface area contributed by atoms with Crippen LogP contribution in [0.25, 0.3) is 0 Å². The van der Waals surface area contributed by atoms with Gasteiger partial charge in [0.15, 0.2) is 0 Å². The SMILES string of the molecule is O=C(O)C#Cc1ccc(Cl)c(Br)c1. The molecule has 4 heteroatoms. The molecule has 1 aromatic carbocycles. The largest absolute Gasteiger partial charge is 0.472 e. The van der Waals surface area contributed by atoms with Crippen LogP contribution in [0.3, 0.4) is 0 Å². The summed E-state index contributed by atoms with van der Waals surface area (Å²) >= 11 is 8.94. The molecule has 1 rings (SSSR count). The van der Waals surface area contributed by atoms with Crippen LogP contribution in [0.1, 0.15) is 5.56 Å². The van der Waals surface area contributed by atoms with Crippen LogP contribution in [0.15, 0.2) is 22.7 Å². The number of rotatable bonds is 0. The molecule has 0 spiro atoms. The fraction of sp³-hybridized carbons (Fsp3) is 0. The van der Waals surface area contributed by atoms with Crippen LogP contribution >= 0.6 is 27.5 Å². The third-order valence-corrected chi connectivity index (χ3v) is 2.45. The zero-order valence-corrected chi connectivity index (χ0v) is 8.69. The molecule has 0 aromatic heterocycles. The van der Waals surface area contributed by atoms with Crippen molar-refractivity contribution in [3.05, 3.63) is 33.3 Å². The van der Waals surface area contributed by atoms with E-state index in [1.54, 1.807) is 18.2 Å². The molecule has 0 fully saturated rings. The molecule has 2 nitrogen and oxygen atoms in total. The van der Waals surface area contributed by atoms with E-state index in [1.165, 1.54) is 0 Å². The van der Waals surface area contributed by atoms with E-state index in [0.29, 0.717) is 15.1 Å². The quantitative estimate of drug-likeness (QED) is 0.727. The lowest BCUT2D eigenvalue weighted by Crippen LogP contribution is -1.87. The Hall–Kier alpha value is -0.980. The van der Waals surface area contributed by atoms with E-state index in [-0.39, 0.29) is 0 Å². The normalized spacial score (nSPS) is 8.77. The zero-order chi connectivity index (χ0) is 9.84. The lowest BCUT2D eigenvalue weighted by Gasteiger charge is -1.94. The molecule has 0 saturated heterocycles. The molecule has 0 radical (unpaired) electrons. The number of hydrogen-bond acceptors (Lipinski definition) is 1. The van der Waals surface area contributed by atoms with E-state index in [9.17, 15) is 4.79 Å². The van der Waals surface area contributed by atoms with Crippen LogP contribution in [0, 0.1) is 11.8 Å². The highest BCUT2D eigenvalue weighted by Crippen LogP contribution is 2.22. The van der Waals surface area contributed by atoms with Gasteiger partial charge in [0, 0.05) is 16.0 Å². The first kappa shape index (κ1) is 10.1. The maximum atomic E-state index is 10.1. The molecule has 0 atom stereocenters. The lowest BCUT2D eigenvalue weighted by molar-refractivity contribution is -0.130. The van der Waals surface area contributed by atoms with Gasteiger partial charge < -0.3 is 5.11 Å². The molecule has 13 heavy (non-hydrogen) atoms. The van der Waals surface area contributed by atoms with Crippen LogP contribution < -0.4 is 0 Å². The van der Waals surface area contributed by atoms with Crippen molar-refractivity contribution in [3.63, 3.8) is 0 Å². The van der Waals surface area contributed by atoms with E-state index >= 15 is 0 Å². The maximum absolute atomic E-state index is 10.1. The van der Waals surface area contributed by atoms with Crippen LogP contribution in [0.2, 0.25) is 5.02 Å². The van der Waals surface area contributed by atoms with Crippen molar-refractivity contribution >= 4 is 33.5 Å². The smallest absolute Gasteiger partial charge is 0.382 e. The molecule has 0 saturated carbocycles. The predicted octanol–water partition coefficient (Wildman–Crippen LogP) is 2.54. The molecule has 1 aromatic rings. The maximum Gasteiger partial charge on any atom is 0.382 e. The van der Waals surface area contributed by atoms with Crippen molar-refractivity contribution < 1.29 is 9.90 Å². The number of carboxylic acid groups (broad SMARTS) is 1. The third-order valence-electron chi connectivity index (χ3n) is 1.23. The van der Waals surface area contributed by atoms with E-state index in [4.69, 9.17) is 16.7 Å². The molecule has 0 unspecified atom stereocenters. The summed E-state index contributed by atoms with van der Waals surface area (Å²) < 4.78 is 0.700. The first-order valence-electron chi connectivity index (χ1n) is 3.29. The second kappa shape index (κ2) is 4.31. The molecule has 0 aliphatic heterocycles. The van der Waals surface area contributed by atoms with Crippen LogP contribution in [-0.4, -0.2) is 11.1 Å². The Kier molecular flexibility index (Phi) is 3.35. The molecular weight excluding hydrogens is 255 g/mol. The second-order valence-electron chi connectivity index (χ2n) is 2.18. The molecule has 0 aliphatic carbocycles. The molecule has 66 valence electrons. The van der Waals surface area contributed by atoms with Gasteiger partial charge in [0.05, 0.1) is 5.02 Å². The van der Waals surface area contributed by atoms with Gasteiger partial charge in [0.1, 0.15) is 0 Å². The fourth-order valence-electron chi connectivity index (χ4n) is 0.700. The van der Waals surface area contributed by atoms with E-state index in [2.05, 4.69) is 21.9 Å². The van der Waals surface area contributed by atoms with Crippen LogP contribution in [0.4, 0.5) is 0 Å². The Labute approximate surface area is 88.7 Å². The Balaban J connectivity index is 3.00. The van der Waals surface area contributed by atoms with Crippen molar-refractivity contribution in [3.8, 4) is 11.8 Å². The van der Waals surface area contributed by atoms with Gasteiger partial charge in [0.25, 0.3) is 0 Å². The number of carboxylic acids is 1. The van der Waals surface area contributed by atoms with Crippen molar-refractivity contribution in [2.45, 2.75) is 0 Å². The van der Waals surface area contributed by atoms with Crippen LogP contribution in [-0.2, 0) is 4.79 Å². The molecule has 0 bridgehead atoms. The minimum absolute atomic E-state index is 0.570. The minimum atomic E-state index is -1.15. The van der Waals surface area contributed by atoms with Crippen molar-refractivity contribution in [1.82, 2.24) is 0 Å². The van der Waals surface area contributed by atoms with Crippen molar-refractivity contribution in [2.24, 2.45) is 0 Å². The van der Waals surface area contributed by atoms with Crippen LogP contribution in [0.5, 0.6) is 0 Å². The van der Waals surface area contributed by atoms with Gasteiger partial charge in [-0.25, -0.2) is 4.79 Å². The van der Waals surface area contributed by atoms with E-state index < -0.39 is 5.97 Å². The first-order chi connectivity index (χ1) is 6.09. The summed E-state index contributed by atoms with van der Waals surface area (Å²) in [5.41, 5.74) is 0.610. The summed E-state index contributed by atoms with van der Waals surface area (Å²) in [6, 6.07) is 4.97. The Morgan fingerprint density at radius 3 is 2.77 bits per heavy atom.